The standard InChI is InChI=1S/C19H26FN5O3/c1-3-28-12-11-25-17(26)15-16(22(2)19(25)27)21-18-23(9-4-10-24(15)18)14-7-5-13(20)6-8-14/h5-8,15-16,18,21H,3-4,9-12H2,1-2H3. The first-order valence-corrected chi connectivity index (χ1v) is 9.73. The van der Waals surface area contributed by atoms with Gasteiger partial charge in [0.05, 0.1) is 13.2 Å². The summed E-state index contributed by atoms with van der Waals surface area (Å²) < 4.78 is 18.7. The second-order valence-corrected chi connectivity index (χ2v) is 7.27. The number of likely N-dealkylation sites (N-methyl/N-ethyl adjacent to an activating group) is 1. The molecule has 3 aliphatic heterocycles. The SMILES string of the molecule is CCOCCN1C(=O)C2C(NC3N(c4ccc(F)cc4)CCCN23)N(C)C1=O. The fourth-order valence-corrected chi connectivity index (χ4v) is 4.32. The first-order chi connectivity index (χ1) is 13.5. The number of amides is 3. The topological polar surface area (TPSA) is 68.4 Å². The van der Waals surface area contributed by atoms with E-state index in [2.05, 4.69) is 15.1 Å². The molecule has 3 unspecified atom stereocenters. The average Bonchev–Trinajstić information content (AvgIpc) is 3.09. The van der Waals surface area contributed by atoms with Crippen molar-refractivity contribution in [1.82, 2.24) is 20.0 Å². The quantitative estimate of drug-likeness (QED) is 0.751. The third kappa shape index (κ3) is 3.13. The van der Waals surface area contributed by atoms with E-state index in [4.69, 9.17) is 4.74 Å². The number of urea groups is 1. The van der Waals surface area contributed by atoms with Crippen molar-refractivity contribution in [2.24, 2.45) is 0 Å². The lowest BCUT2D eigenvalue weighted by molar-refractivity contribution is -0.139. The van der Waals surface area contributed by atoms with Gasteiger partial charge in [-0.2, -0.15) is 0 Å². The van der Waals surface area contributed by atoms with E-state index in [9.17, 15) is 14.0 Å². The number of nitrogens with one attached hydrogen (secondary N) is 1. The molecule has 0 spiro atoms. The van der Waals surface area contributed by atoms with Crippen LogP contribution in [0.2, 0.25) is 0 Å². The number of anilines is 1. The fraction of sp³-hybridized carbons (Fsp3) is 0.579. The molecule has 0 saturated carbocycles. The molecule has 3 atom stereocenters. The second-order valence-electron chi connectivity index (χ2n) is 7.27. The maximum atomic E-state index is 13.3. The summed E-state index contributed by atoms with van der Waals surface area (Å²) >= 11 is 0. The number of nitrogens with zero attached hydrogens (tertiary/aromatic N) is 4. The normalized spacial score (nSPS) is 28.0. The Hall–Kier alpha value is -2.23. The molecule has 3 heterocycles. The van der Waals surface area contributed by atoms with Gasteiger partial charge in [-0.25, -0.2) is 9.18 Å². The minimum atomic E-state index is -0.447. The Labute approximate surface area is 163 Å². The van der Waals surface area contributed by atoms with Gasteiger partial charge >= 0.3 is 6.03 Å². The lowest BCUT2D eigenvalue weighted by Crippen LogP contribution is -2.66. The Morgan fingerprint density at radius 2 is 1.96 bits per heavy atom. The van der Waals surface area contributed by atoms with E-state index < -0.39 is 12.2 Å². The Balaban J connectivity index is 1.58. The summed E-state index contributed by atoms with van der Waals surface area (Å²) in [6, 6.07) is 5.60. The van der Waals surface area contributed by atoms with Crippen LogP contribution in [-0.4, -0.2) is 85.0 Å². The van der Waals surface area contributed by atoms with Crippen LogP contribution in [0.4, 0.5) is 14.9 Å². The van der Waals surface area contributed by atoms with Gasteiger partial charge in [-0.1, -0.05) is 0 Å². The zero-order valence-corrected chi connectivity index (χ0v) is 16.2. The molecule has 0 radical (unpaired) electrons. The van der Waals surface area contributed by atoms with Crippen LogP contribution in [0.3, 0.4) is 0 Å². The molecule has 152 valence electrons. The van der Waals surface area contributed by atoms with Crippen LogP contribution in [0.1, 0.15) is 13.3 Å². The Morgan fingerprint density at radius 1 is 1.21 bits per heavy atom. The number of carbonyl (C=O) groups is 2. The van der Waals surface area contributed by atoms with Crippen molar-refractivity contribution in [3.63, 3.8) is 0 Å². The zero-order chi connectivity index (χ0) is 19.8. The third-order valence-corrected chi connectivity index (χ3v) is 5.69. The fourth-order valence-electron chi connectivity index (χ4n) is 4.32. The molecule has 0 aliphatic carbocycles. The predicted molar refractivity (Wildman–Crippen MR) is 101 cm³/mol. The lowest BCUT2D eigenvalue weighted by Gasteiger charge is -2.43. The number of ether oxygens (including phenoxy) is 1. The van der Waals surface area contributed by atoms with Crippen LogP contribution in [0.25, 0.3) is 0 Å². The van der Waals surface area contributed by atoms with E-state index in [0.717, 1.165) is 25.2 Å². The van der Waals surface area contributed by atoms with E-state index in [1.54, 1.807) is 24.1 Å². The maximum absolute atomic E-state index is 13.3. The molecule has 0 aromatic heterocycles. The molecular weight excluding hydrogens is 365 g/mol. The molecule has 8 nitrogen and oxygen atoms in total. The van der Waals surface area contributed by atoms with Gasteiger partial charge in [-0.05, 0) is 37.6 Å². The van der Waals surface area contributed by atoms with Crippen molar-refractivity contribution in [2.75, 3.05) is 44.8 Å². The van der Waals surface area contributed by atoms with Crippen LogP contribution in [0.15, 0.2) is 24.3 Å². The molecule has 1 N–H and O–H groups in total. The van der Waals surface area contributed by atoms with Gasteiger partial charge in [-0.15, -0.1) is 0 Å². The Kier molecular flexibility index (Phi) is 5.22. The molecule has 28 heavy (non-hydrogen) atoms. The van der Waals surface area contributed by atoms with E-state index in [1.165, 1.54) is 17.0 Å². The number of hydrogen-bond acceptors (Lipinski definition) is 6. The first-order valence-electron chi connectivity index (χ1n) is 9.73. The molecule has 3 saturated heterocycles. The summed E-state index contributed by atoms with van der Waals surface area (Å²) in [6.45, 7) is 4.55. The minimum Gasteiger partial charge on any atom is -0.380 e. The number of fused-ring (bicyclic) bond motifs is 3. The molecule has 1 aromatic carbocycles. The van der Waals surface area contributed by atoms with Crippen LogP contribution in [-0.2, 0) is 9.53 Å². The number of imide groups is 1. The minimum absolute atomic E-state index is 0.191. The second kappa shape index (κ2) is 7.65. The highest BCUT2D eigenvalue weighted by Gasteiger charge is 2.55. The van der Waals surface area contributed by atoms with Crippen molar-refractivity contribution >= 4 is 17.6 Å². The van der Waals surface area contributed by atoms with Crippen LogP contribution in [0.5, 0.6) is 0 Å². The summed E-state index contributed by atoms with van der Waals surface area (Å²) in [5.74, 6) is -0.472. The van der Waals surface area contributed by atoms with Gasteiger partial charge < -0.3 is 14.5 Å². The van der Waals surface area contributed by atoms with Crippen LogP contribution >= 0.6 is 0 Å². The summed E-state index contributed by atoms with van der Waals surface area (Å²) in [7, 11) is 1.72. The molecule has 0 bridgehead atoms. The highest BCUT2D eigenvalue weighted by atomic mass is 19.1. The number of rotatable bonds is 5. The van der Waals surface area contributed by atoms with Crippen molar-refractivity contribution in [1.29, 1.82) is 0 Å². The monoisotopic (exact) mass is 391 g/mol. The molecule has 1 aromatic rings. The van der Waals surface area contributed by atoms with E-state index in [-0.39, 0.29) is 30.6 Å². The van der Waals surface area contributed by atoms with Crippen molar-refractivity contribution in [3.8, 4) is 0 Å². The van der Waals surface area contributed by atoms with Gasteiger partial charge in [-0.3, -0.25) is 19.9 Å². The lowest BCUT2D eigenvalue weighted by atomic mass is 10.1. The molecular formula is C19H26FN5O3. The number of halogens is 1. The van der Waals surface area contributed by atoms with Crippen LogP contribution < -0.4 is 10.2 Å². The van der Waals surface area contributed by atoms with Crippen molar-refractivity contribution < 1.29 is 18.7 Å². The number of carbonyl (C=O) groups excluding carboxylic acids is 2. The summed E-state index contributed by atoms with van der Waals surface area (Å²) in [6.07, 6.45) is 0.262. The van der Waals surface area contributed by atoms with E-state index >= 15 is 0 Å². The van der Waals surface area contributed by atoms with Gasteiger partial charge in [0.15, 0.2) is 0 Å². The summed E-state index contributed by atoms with van der Waals surface area (Å²) in [5.41, 5.74) is 0.886. The molecule has 3 fully saturated rings. The molecule has 9 heteroatoms. The smallest absolute Gasteiger partial charge is 0.327 e. The number of benzene rings is 1. The van der Waals surface area contributed by atoms with Crippen molar-refractivity contribution in [2.45, 2.75) is 31.8 Å². The van der Waals surface area contributed by atoms with Crippen molar-refractivity contribution in [3.05, 3.63) is 30.1 Å². The largest absolute Gasteiger partial charge is 0.380 e. The third-order valence-electron chi connectivity index (χ3n) is 5.69. The number of hydrogen-bond donors (Lipinski definition) is 1. The first kappa shape index (κ1) is 19.1. The average molecular weight is 391 g/mol. The highest BCUT2D eigenvalue weighted by Crippen LogP contribution is 2.32. The Bertz CT molecular complexity index is 746. The summed E-state index contributed by atoms with van der Waals surface area (Å²) in [4.78, 5) is 33.0. The Morgan fingerprint density at radius 3 is 2.68 bits per heavy atom. The van der Waals surface area contributed by atoms with Crippen LogP contribution in [0, 0.1) is 5.82 Å². The van der Waals surface area contributed by atoms with E-state index in [0.29, 0.717) is 13.2 Å². The molecule has 3 aliphatic rings. The maximum Gasteiger partial charge on any atom is 0.327 e. The van der Waals surface area contributed by atoms with Gasteiger partial charge in [0.25, 0.3) is 5.91 Å². The zero-order valence-electron chi connectivity index (χ0n) is 16.2. The highest BCUT2D eigenvalue weighted by molar-refractivity contribution is 6.00. The molecule has 3 amide bonds. The van der Waals surface area contributed by atoms with Gasteiger partial charge in [0.1, 0.15) is 24.3 Å². The van der Waals surface area contributed by atoms with Gasteiger partial charge in [0.2, 0.25) is 0 Å². The summed E-state index contributed by atoms with van der Waals surface area (Å²) in [5, 5.41) is 3.44. The predicted octanol–water partition coefficient (Wildman–Crippen LogP) is 0.850. The molecule has 4 rings (SSSR count). The van der Waals surface area contributed by atoms with Gasteiger partial charge in [0, 0.05) is 32.4 Å². The van der Waals surface area contributed by atoms with E-state index in [1.807, 2.05) is 6.92 Å².